The van der Waals surface area contributed by atoms with Crippen LogP contribution in [0.5, 0.6) is 11.5 Å². The third kappa shape index (κ3) is 3.05. The number of ether oxygens (including phenoxy) is 1. The molecule has 0 atom stereocenters. The Kier molecular flexibility index (Phi) is 3.38. The lowest BCUT2D eigenvalue weighted by Gasteiger charge is -2.19. The van der Waals surface area contributed by atoms with E-state index in [9.17, 15) is 0 Å². The smallest absolute Gasteiger partial charge is 0.128 e. The van der Waals surface area contributed by atoms with E-state index in [1.54, 1.807) is 6.20 Å². The first kappa shape index (κ1) is 13.6. The first-order chi connectivity index (χ1) is 10.0. The Morgan fingerprint density at radius 2 is 1.52 bits per heavy atom. The monoisotopic (exact) mass is 277 g/mol. The van der Waals surface area contributed by atoms with Gasteiger partial charge < -0.3 is 4.74 Å². The van der Waals surface area contributed by atoms with E-state index in [4.69, 9.17) is 4.74 Å². The van der Waals surface area contributed by atoms with Crippen LogP contribution in [0.15, 0.2) is 60.9 Å². The molecule has 1 heterocycles. The van der Waals surface area contributed by atoms with Crippen LogP contribution in [0.25, 0.3) is 10.8 Å². The summed E-state index contributed by atoms with van der Waals surface area (Å²) in [4.78, 5) is 4.12. The molecule has 0 fully saturated rings. The van der Waals surface area contributed by atoms with Crippen LogP contribution in [-0.4, -0.2) is 4.98 Å². The molecular weight excluding hydrogens is 258 g/mol. The lowest BCUT2D eigenvalue weighted by Crippen LogP contribution is -2.10. The predicted molar refractivity (Wildman–Crippen MR) is 87.0 cm³/mol. The molecule has 0 aliphatic heterocycles. The standard InChI is InChI=1S/C19H19NO/c1-19(2,3)16-5-8-17(9-6-16)21-18-7-4-15-13-20-11-10-14(15)12-18/h4-13H,1-3H3. The molecule has 3 aromatic rings. The van der Waals surface area contributed by atoms with Crippen molar-refractivity contribution in [1.29, 1.82) is 0 Å². The number of aromatic nitrogens is 1. The number of rotatable bonds is 2. The van der Waals surface area contributed by atoms with Gasteiger partial charge in [-0.15, -0.1) is 0 Å². The molecule has 2 heteroatoms. The first-order valence-corrected chi connectivity index (χ1v) is 7.14. The Morgan fingerprint density at radius 1 is 0.810 bits per heavy atom. The largest absolute Gasteiger partial charge is 0.457 e. The molecule has 0 radical (unpaired) electrons. The quantitative estimate of drug-likeness (QED) is 0.632. The second kappa shape index (κ2) is 5.21. The fraction of sp³-hybridized carbons (Fsp3) is 0.211. The number of hydrogen-bond donors (Lipinski definition) is 0. The number of hydrogen-bond acceptors (Lipinski definition) is 2. The van der Waals surface area contributed by atoms with Crippen molar-refractivity contribution in [2.24, 2.45) is 0 Å². The third-order valence-electron chi connectivity index (χ3n) is 3.57. The molecule has 3 rings (SSSR count). The van der Waals surface area contributed by atoms with E-state index in [2.05, 4.69) is 37.9 Å². The Hall–Kier alpha value is -2.35. The molecule has 0 bridgehead atoms. The summed E-state index contributed by atoms with van der Waals surface area (Å²) in [5, 5.41) is 2.25. The fourth-order valence-corrected chi connectivity index (χ4v) is 2.28. The summed E-state index contributed by atoms with van der Waals surface area (Å²) in [6, 6.07) is 16.3. The van der Waals surface area contributed by atoms with Gasteiger partial charge in [-0.25, -0.2) is 0 Å². The zero-order chi connectivity index (χ0) is 14.9. The van der Waals surface area contributed by atoms with Gasteiger partial charge in [-0.05, 0) is 52.8 Å². The van der Waals surface area contributed by atoms with Crippen molar-refractivity contribution in [3.63, 3.8) is 0 Å². The van der Waals surface area contributed by atoms with Gasteiger partial charge in [-0.3, -0.25) is 4.98 Å². The second-order valence-electron chi connectivity index (χ2n) is 6.26. The molecule has 21 heavy (non-hydrogen) atoms. The maximum absolute atomic E-state index is 5.93. The number of benzene rings is 2. The maximum Gasteiger partial charge on any atom is 0.128 e. The van der Waals surface area contributed by atoms with Crippen molar-refractivity contribution < 1.29 is 4.74 Å². The van der Waals surface area contributed by atoms with E-state index in [1.165, 1.54) is 5.56 Å². The van der Waals surface area contributed by atoms with Crippen molar-refractivity contribution in [1.82, 2.24) is 4.98 Å². The lowest BCUT2D eigenvalue weighted by atomic mass is 9.87. The van der Waals surface area contributed by atoms with Gasteiger partial charge in [0, 0.05) is 17.8 Å². The summed E-state index contributed by atoms with van der Waals surface area (Å²) < 4.78 is 5.93. The van der Waals surface area contributed by atoms with Gasteiger partial charge in [0.2, 0.25) is 0 Å². The van der Waals surface area contributed by atoms with E-state index in [0.717, 1.165) is 22.3 Å². The minimum absolute atomic E-state index is 0.161. The zero-order valence-corrected chi connectivity index (χ0v) is 12.6. The van der Waals surface area contributed by atoms with Crippen molar-refractivity contribution in [2.75, 3.05) is 0 Å². The molecule has 0 spiro atoms. The normalized spacial score (nSPS) is 11.6. The van der Waals surface area contributed by atoms with Crippen LogP contribution in [0.4, 0.5) is 0 Å². The van der Waals surface area contributed by atoms with Crippen LogP contribution in [0.1, 0.15) is 26.3 Å². The van der Waals surface area contributed by atoms with Gasteiger partial charge in [-0.1, -0.05) is 32.9 Å². The summed E-state index contributed by atoms with van der Waals surface area (Å²) in [6.07, 6.45) is 3.65. The zero-order valence-electron chi connectivity index (χ0n) is 12.6. The van der Waals surface area contributed by atoms with Gasteiger partial charge in [0.25, 0.3) is 0 Å². The SMILES string of the molecule is CC(C)(C)c1ccc(Oc2ccc3cnccc3c2)cc1. The Morgan fingerprint density at radius 3 is 2.24 bits per heavy atom. The van der Waals surface area contributed by atoms with Crippen LogP contribution >= 0.6 is 0 Å². The van der Waals surface area contributed by atoms with Crippen LogP contribution in [0.3, 0.4) is 0 Å². The van der Waals surface area contributed by atoms with Crippen LogP contribution in [-0.2, 0) is 5.41 Å². The highest BCUT2D eigenvalue weighted by Crippen LogP contribution is 2.28. The summed E-state index contributed by atoms with van der Waals surface area (Å²) in [5.74, 6) is 1.70. The summed E-state index contributed by atoms with van der Waals surface area (Å²) in [5.41, 5.74) is 1.47. The Balaban J connectivity index is 1.84. The average molecular weight is 277 g/mol. The highest BCUT2D eigenvalue weighted by Gasteiger charge is 2.13. The Bertz CT molecular complexity index is 754. The van der Waals surface area contributed by atoms with Crippen molar-refractivity contribution in [3.8, 4) is 11.5 Å². The first-order valence-electron chi connectivity index (χ1n) is 7.14. The number of pyridine rings is 1. The van der Waals surface area contributed by atoms with E-state index in [1.807, 2.05) is 42.6 Å². The van der Waals surface area contributed by atoms with E-state index >= 15 is 0 Å². The maximum atomic E-state index is 5.93. The molecule has 2 aromatic carbocycles. The van der Waals surface area contributed by atoms with Crippen LogP contribution < -0.4 is 4.74 Å². The number of nitrogens with zero attached hydrogens (tertiary/aromatic N) is 1. The molecule has 0 saturated carbocycles. The van der Waals surface area contributed by atoms with Gasteiger partial charge in [0.1, 0.15) is 11.5 Å². The molecule has 0 aliphatic rings. The molecule has 0 unspecified atom stereocenters. The molecule has 0 aliphatic carbocycles. The molecule has 0 saturated heterocycles. The molecule has 106 valence electrons. The topological polar surface area (TPSA) is 22.1 Å². The highest BCUT2D eigenvalue weighted by atomic mass is 16.5. The number of fused-ring (bicyclic) bond motifs is 1. The van der Waals surface area contributed by atoms with Crippen molar-refractivity contribution >= 4 is 10.8 Å². The van der Waals surface area contributed by atoms with Gasteiger partial charge >= 0.3 is 0 Å². The van der Waals surface area contributed by atoms with Gasteiger partial charge in [-0.2, -0.15) is 0 Å². The highest BCUT2D eigenvalue weighted by molar-refractivity contribution is 5.82. The van der Waals surface area contributed by atoms with E-state index < -0.39 is 0 Å². The average Bonchev–Trinajstić information content (AvgIpc) is 2.47. The summed E-state index contributed by atoms with van der Waals surface area (Å²) in [6.45, 7) is 6.63. The van der Waals surface area contributed by atoms with Crippen LogP contribution in [0, 0.1) is 0 Å². The van der Waals surface area contributed by atoms with Gasteiger partial charge in [0.15, 0.2) is 0 Å². The van der Waals surface area contributed by atoms with Crippen molar-refractivity contribution in [2.45, 2.75) is 26.2 Å². The van der Waals surface area contributed by atoms with Crippen LogP contribution in [0.2, 0.25) is 0 Å². The lowest BCUT2D eigenvalue weighted by molar-refractivity contribution is 0.482. The molecule has 0 N–H and O–H groups in total. The van der Waals surface area contributed by atoms with E-state index in [-0.39, 0.29) is 5.41 Å². The molecule has 2 nitrogen and oxygen atoms in total. The molecule has 1 aromatic heterocycles. The summed E-state index contributed by atoms with van der Waals surface area (Å²) >= 11 is 0. The molecular formula is C19H19NO. The Labute approximate surface area is 125 Å². The summed E-state index contributed by atoms with van der Waals surface area (Å²) in [7, 11) is 0. The van der Waals surface area contributed by atoms with E-state index in [0.29, 0.717) is 0 Å². The van der Waals surface area contributed by atoms with Crippen molar-refractivity contribution in [3.05, 3.63) is 66.5 Å². The predicted octanol–water partition coefficient (Wildman–Crippen LogP) is 5.32. The molecule has 0 amide bonds. The third-order valence-corrected chi connectivity index (χ3v) is 3.57. The minimum atomic E-state index is 0.161. The second-order valence-corrected chi connectivity index (χ2v) is 6.26. The minimum Gasteiger partial charge on any atom is -0.457 e. The fourth-order valence-electron chi connectivity index (χ4n) is 2.28. The van der Waals surface area contributed by atoms with Gasteiger partial charge in [0.05, 0.1) is 0 Å².